The number of aryl methyl sites for hydroxylation is 1. The Labute approximate surface area is 178 Å². The summed E-state index contributed by atoms with van der Waals surface area (Å²) < 4.78 is 43.8. The number of benzene rings is 1. The summed E-state index contributed by atoms with van der Waals surface area (Å²) >= 11 is 0. The van der Waals surface area contributed by atoms with Crippen molar-refractivity contribution in [3.8, 4) is 0 Å². The number of rotatable bonds is 5. The summed E-state index contributed by atoms with van der Waals surface area (Å²) in [6, 6.07) is 7.86. The topological polar surface area (TPSA) is 114 Å². The predicted octanol–water partition coefficient (Wildman–Crippen LogP) is 3.39. The average Bonchev–Trinajstić information content (AvgIpc) is 3.11. The van der Waals surface area contributed by atoms with E-state index in [0.29, 0.717) is 47.5 Å². The first-order valence-corrected chi connectivity index (χ1v) is 11.0. The number of fused-ring (bicyclic) bond motifs is 1. The van der Waals surface area contributed by atoms with Crippen LogP contribution < -0.4 is 10.1 Å². The van der Waals surface area contributed by atoms with Gasteiger partial charge in [-0.05, 0) is 56.2 Å². The number of pyridine rings is 1. The van der Waals surface area contributed by atoms with E-state index in [0.717, 1.165) is 24.3 Å². The third-order valence-electron chi connectivity index (χ3n) is 4.88. The van der Waals surface area contributed by atoms with Gasteiger partial charge >= 0.3 is 0 Å². The lowest BCUT2D eigenvalue weighted by Gasteiger charge is -2.14. The second-order valence-corrected chi connectivity index (χ2v) is 8.67. The van der Waals surface area contributed by atoms with E-state index in [4.69, 9.17) is 4.42 Å². The van der Waals surface area contributed by atoms with Crippen molar-refractivity contribution in [1.82, 2.24) is 9.82 Å². The molecule has 10 heteroatoms. The quantitative estimate of drug-likeness (QED) is 0.588. The van der Waals surface area contributed by atoms with Crippen molar-refractivity contribution in [3.63, 3.8) is 0 Å². The number of aromatic nitrogens is 1. The van der Waals surface area contributed by atoms with Gasteiger partial charge in [-0.15, -0.1) is 0 Å². The van der Waals surface area contributed by atoms with Gasteiger partial charge in [0.1, 0.15) is 11.6 Å². The molecule has 0 atom stereocenters. The number of carbonyl (C=O) groups is 1. The molecule has 0 bridgehead atoms. The van der Waals surface area contributed by atoms with Crippen LogP contribution in [0.1, 0.15) is 40.3 Å². The van der Waals surface area contributed by atoms with Crippen LogP contribution in [0.25, 0.3) is 0 Å². The molecule has 4 rings (SSSR count). The minimum atomic E-state index is -3.96. The number of halogens is 1. The molecule has 0 saturated heterocycles. The van der Waals surface area contributed by atoms with E-state index in [1.165, 1.54) is 6.20 Å². The highest BCUT2D eigenvalue weighted by atomic mass is 32.2. The van der Waals surface area contributed by atoms with Gasteiger partial charge in [-0.2, -0.15) is 18.4 Å². The molecule has 0 spiro atoms. The maximum atomic E-state index is 13.1. The Kier molecular flexibility index (Phi) is 5.55. The maximum Gasteiger partial charge on any atom is 0.291 e. The van der Waals surface area contributed by atoms with Crippen LogP contribution in [0.2, 0.25) is 0 Å². The number of amides is 1. The Morgan fingerprint density at radius 2 is 1.97 bits per heavy atom. The van der Waals surface area contributed by atoms with E-state index >= 15 is 0 Å². The lowest BCUT2D eigenvalue weighted by Crippen LogP contribution is -2.22. The zero-order valence-electron chi connectivity index (χ0n) is 16.6. The number of furan rings is 1. The minimum absolute atomic E-state index is 0.102. The Bertz CT molecular complexity index is 1250. The second-order valence-electron chi connectivity index (χ2n) is 7.01. The molecule has 1 aromatic carbocycles. The molecule has 2 heterocycles. The standard InChI is InChI=1S/C21H19FN4O4S/c1-13-19-17(25-26-31(28,29)16-9-7-14(22)8-10-16)5-2-6-18(19)30-20(13)21(27)24-15-4-3-11-23-12-15/h3-4,7-12,26H,2,5-6H2,1H3,(H,24,27)/b25-17+. The van der Waals surface area contributed by atoms with Crippen molar-refractivity contribution >= 4 is 27.3 Å². The van der Waals surface area contributed by atoms with Gasteiger partial charge in [0, 0.05) is 23.7 Å². The fraction of sp³-hybridized carbons (Fsp3) is 0.190. The number of nitrogens with zero attached hydrogens (tertiary/aromatic N) is 2. The first-order valence-electron chi connectivity index (χ1n) is 9.53. The average molecular weight is 442 g/mol. The molecule has 0 saturated carbocycles. The molecule has 2 N–H and O–H groups in total. The van der Waals surface area contributed by atoms with Crippen molar-refractivity contribution in [2.75, 3.05) is 5.32 Å². The zero-order valence-corrected chi connectivity index (χ0v) is 17.4. The molecule has 0 unspecified atom stereocenters. The van der Waals surface area contributed by atoms with Crippen LogP contribution in [0.5, 0.6) is 0 Å². The number of hydrogen-bond acceptors (Lipinski definition) is 6. The highest BCUT2D eigenvalue weighted by Gasteiger charge is 2.28. The number of hydrogen-bond donors (Lipinski definition) is 2. The largest absolute Gasteiger partial charge is 0.455 e. The summed E-state index contributed by atoms with van der Waals surface area (Å²) in [4.78, 5) is 18.7. The molecular weight excluding hydrogens is 423 g/mol. The van der Waals surface area contributed by atoms with Crippen molar-refractivity contribution in [3.05, 3.63) is 77.3 Å². The molecule has 160 valence electrons. The van der Waals surface area contributed by atoms with Gasteiger partial charge in [0.25, 0.3) is 15.9 Å². The van der Waals surface area contributed by atoms with Crippen LogP contribution in [-0.4, -0.2) is 25.0 Å². The first kappa shape index (κ1) is 20.7. The molecule has 0 fully saturated rings. The van der Waals surface area contributed by atoms with Crippen LogP contribution in [0.3, 0.4) is 0 Å². The lowest BCUT2D eigenvalue weighted by molar-refractivity contribution is 0.0994. The van der Waals surface area contributed by atoms with E-state index in [1.54, 1.807) is 25.3 Å². The number of carbonyl (C=O) groups excluding carboxylic acids is 1. The van der Waals surface area contributed by atoms with Crippen LogP contribution in [0.15, 0.2) is 63.2 Å². The molecule has 0 radical (unpaired) electrons. The first-order chi connectivity index (χ1) is 14.8. The smallest absolute Gasteiger partial charge is 0.291 e. The van der Waals surface area contributed by atoms with Gasteiger partial charge in [-0.25, -0.2) is 4.39 Å². The van der Waals surface area contributed by atoms with Crippen LogP contribution >= 0.6 is 0 Å². The molecule has 1 aliphatic carbocycles. The molecular formula is C21H19FN4O4S. The molecule has 0 aliphatic heterocycles. The highest BCUT2D eigenvalue weighted by Crippen LogP contribution is 2.30. The Morgan fingerprint density at radius 1 is 1.19 bits per heavy atom. The van der Waals surface area contributed by atoms with Crippen molar-refractivity contribution in [2.24, 2.45) is 5.10 Å². The van der Waals surface area contributed by atoms with E-state index in [2.05, 4.69) is 20.2 Å². The lowest BCUT2D eigenvalue weighted by atomic mass is 9.93. The Morgan fingerprint density at radius 3 is 2.68 bits per heavy atom. The van der Waals surface area contributed by atoms with Crippen LogP contribution in [0.4, 0.5) is 10.1 Å². The molecule has 3 aromatic rings. The van der Waals surface area contributed by atoms with Gasteiger partial charge in [0.05, 0.1) is 22.5 Å². The SMILES string of the molecule is Cc1c(C(=O)Nc2cccnc2)oc2c1/C(=N/NS(=O)(=O)c1ccc(F)cc1)CCC2. The fourth-order valence-electron chi connectivity index (χ4n) is 3.40. The molecule has 1 aliphatic rings. The van der Waals surface area contributed by atoms with Gasteiger partial charge < -0.3 is 9.73 Å². The van der Waals surface area contributed by atoms with E-state index in [9.17, 15) is 17.6 Å². The third kappa shape index (κ3) is 4.33. The van der Waals surface area contributed by atoms with Crippen LogP contribution in [-0.2, 0) is 16.4 Å². The summed E-state index contributed by atoms with van der Waals surface area (Å²) in [5.74, 6) is -0.232. The maximum absolute atomic E-state index is 13.1. The Hall–Kier alpha value is -3.53. The molecule has 1 amide bonds. The fourth-order valence-corrected chi connectivity index (χ4v) is 4.23. The molecule has 31 heavy (non-hydrogen) atoms. The summed E-state index contributed by atoms with van der Waals surface area (Å²) in [6.07, 6.45) is 4.94. The van der Waals surface area contributed by atoms with Crippen molar-refractivity contribution < 1.29 is 22.0 Å². The van der Waals surface area contributed by atoms with E-state index in [1.807, 2.05) is 0 Å². The second kappa shape index (κ2) is 8.31. The van der Waals surface area contributed by atoms with Crippen molar-refractivity contribution in [1.29, 1.82) is 0 Å². The number of hydrazone groups is 1. The third-order valence-corrected chi connectivity index (χ3v) is 6.10. The summed E-state index contributed by atoms with van der Waals surface area (Å²) in [6.45, 7) is 1.73. The van der Waals surface area contributed by atoms with Crippen LogP contribution in [0, 0.1) is 12.7 Å². The van der Waals surface area contributed by atoms with Gasteiger partial charge in [0.2, 0.25) is 0 Å². The van der Waals surface area contributed by atoms with Crippen molar-refractivity contribution in [2.45, 2.75) is 31.1 Å². The molecule has 8 nitrogen and oxygen atoms in total. The molecule has 2 aromatic heterocycles. The Balaban J connectivity index is 1.60. The summed E-state index contributed by atoms with van der Waals surface area (Å²) in [5.41, 5.74) is 2.22. The van der Waals surface area contributed by atoms with Gasteiger partial charge in [0.15, 0.2) is 5.76 Å². The highest BCUT2D eigenvalue weighted by molar-refractivity contribution is 7.89. The predicted molar refractivity (Wildman–Crippen MR) is 112 cm³/mol. The minimum Gasteiger partial charge on any atom is -0.455 e. The number of anilines is 1. The summed E-state index contributed by atoms with van der Waals surface area (Å²) in [5, 5.41) is 6.82. The summed E-state index contributed by atoms with van der Waals surface area (Å²) in [7, 11) is -3.96. The van der Waals surface area contributed by atoms with E-state index < -0.39 is 21.7 Å². The number of nitrogens with one attached hydrogen (secondary N) is 2. The number of sulfonamides is 1. The van der Waals surface area contributed by atoms with Gasteiger partial charge in [-0.1, -0.05) is 0 Å². The normalized spacial score (nSPS) is 14.8. The monoisotopic (exact) mass is 442 g/mol. The zero-order chi connectivity index (χ0) is 22.0. The van der Waals surface area contributed by atoms with E-state index in [-0.39, 0.29) is 10.7 Å². The van der Waals surface area contributed by atoms with Gasteiger partial charge in [-0.3, -0.25) is 9.78 Å².